The zero-order valence-corrected chi connectivity index (χ0v) is 9.91. The molecule has 1 heterocycles. The molecule has 92 valence electrons. The molecule has 0 amide bonds. The molecule has 0 spiro atoms. The molecule has 0 aromatic heterocycles. The molecule has 2 fully saturated rings. The van der Waals surface area contributed by atoms with Crippen LogP contribution in [-0.2, 0) is 14.3 Å². The molecule has 4 nitrogen and oxygen atoms in total. The highest BCUT2D eigenvalue weighted by Gasteiger charge is 2.29. The lowest BCUT2D eigenvalue weighted by atomic mass is 9.85. The van der Waals surface area contributed by atoms with Gasteiger partial charge in [0, 0.05) is 6.04 Å². The van der Waals surface area contributed by atoms with Crippen LogP contribution in [0, 0.1) is 5.92 Å². The Kier molecular flexibility index (Phi) is 4.18. The van der Waals surface area contributed by atoms with Gasteiger partial charge in [0.05, 0.1) is 31.8 Å². The first-order valence-electron chi connectivity index (χ1n) is 6.30. The van der Waals surface area contributed by atoms with E-state index in [9.17, 15) is 4.79 Å². The molecule has 1 saturated heterocycles. The van der Waals surface area contributed by atoms with E-state index < -0.39 is 0 Å². The van der Waals surface area contributed by atoms with Crippen molar-refractivity contribution in [1.29, 1.82) is 0 Å². The van der Waals surface area contributed by atoms with Crippen LogP contribution in [0.5, 0.6) is 0 Å². The Morgan fingerprint density at radius 3 is 2.44 bits per heavy atom. The lowest BCUT2D eigenvalue weighted by Gasteiger charge is -2.34. The standard InChI is InChI=1S/C12H21NO3/c1-2-16-12(14)9-3-5-10(6-4-9)13-11-7-15-8-11/h9-11,13H,2-8H2,1H3. The number of ether oxygens (including phenoxy) is 2. The summed E-state index contributed by atoms with van der Waals surface area (Å²) < 4.78 is 10.2. The Hall–Kier alpha value is -0.610. The van der Waals surface area contributed by atoms with Gasteiger partial charge >= 0.3 is 5.97 Å². The predicted molar refractivity (Wildman–Crippen MR) is 60.1 cm³/mol. The van der Waals surface area contributed by atoms with E-state index in [1.54, 1.807) is 0 Å². The maximum atomic E-state index is 11.5. The second kappa shape index (κ2) is 5.64. The van der Waals surface area contributed by atoms with Gasteiger partial charge in [0.1, 0.15) is 0 Å². The summed E-state index contributed by atoms with van der Waals surface area (Å²) in [4.78, 5) is 11.5. The molecular weight excluding hydrogens is 206 g/mol. The Labute approximate surface area is 96.7 Å². The van der Waals surface area contributed by atoms with Gasteiger partial charge in [0.15, 0.2) is 0 Å². The number of hydrogen-bond acceptors (Lipinski definition) is 4. The molecule has 0 aromatic carbocycles. The number of carbonyl (C=O) groups is 1. The third-order valence-electron chi connectivity index (χ3n) is 3.46. The summed E-state index contributed by atoms with van der Waals surface area (Å²) in [6.45, 7) is 4.05. The Balaban J connectivity index is 1.67. The van der Waals surface area contributed by atoms with Crippen LogP contribution in [0.4, 0.5) is 0 Å². The van der Waals surface area contributed by atoms with Crippen molar-refractivity contribution in [3.63, 3.8) is 0 Å². The quantitative estimate of drug-likeness (QED) is 0.731. The number of rotatable bonds is 4. The van der Waals surface area contributed by atoms with Crippen molar-refractivity contribution in [2.24, 2.45) is 5.92 Å². The molecule has 0 atom stereocenters. The molecule has 1 N–H and O–H groups in total. The average molecular weight is 227 g/mol. The summed E-state index contributed by atoms with van der Waals surface area (Å²) in [6.07, 6.45) is 4.09. The zero-order chi connectivity index (χ0) is 11.4. The number of esters is 1. The minimum Gasteiger partial charge on any atom is -0.466 e. The summed E-state index contributed by atoms with van der Waals surface area (Å²) in [5, 5.41) is 3.57. The summed E-state index contributed by atoms with van der Waals surface area (Å²) in [5.74, 6) is 0.128. The fourth-order valence-corrected chi connectivity index (χ4v) is 2.42. The van der Waals surface area contributed by atoms with Gasteiger partial charge in [0.2, 0.25) is 0 Å². The molecule has 1 saturated carbocycles. The van der Waals surface area contributed by atoms with Gasteiger partial charge in [-0.2, -0.15) is 0 Å². The second-order valence-corrected chi connectivity index (χ2v) is 4.70. The van der Waals surface area contributed by atoms with Crippen LogP contribution in [0.15, 0.2) is 0 Å². The van der Waals surface area contributed by atoms with E-state index in [4.69, 9.17) is 9.47 Å². The largest absolute Gasteiger partial charge is 0.466 e. The van der Waals surface area contributed by atoms with Crippen molar-refractivity contribution in [2.75, 3.05) is 19.8 Å². The molecule has 2 rings (SSSR count). The van der Waals surface area contributed by atoms with E-state index in [0.29, 0.717) is 18.7 Å². The molecule has 1 aliphatic carbocycles. The molecule has 4 heteroatoms. The van der Waals surface area contributed by atoms with Crippen LogP contribution >= 0.6 is 0 Å². The van der Waals surface area contributed by atoms with Gasteiger partial charge in [-0.1, -0.05) is 0 Å². The lowest BCUT2D eigenvalue weighted by Crippen LogP contribution is -2.51. The third-order valence-corrected chi connectivity index (χ3v) is 3.46. The van der Waals surface area contributed by atoms with Gasteiger partial charge in [-0.05, 0) is 32.6 Å². The topological polar surface area (TPSA) is 47.6 Å². The smallest absolute Gasteiger partial charge is 0.308 e. The molecule has 0 radical (unpaired) electrons. The fourth-order valence-electron chi connectivity index (χ4n) is 2.42. The maximum Gasteiger partial charge on any atom is 0.308 e. The Morgan fingerprint density at radius 2 is 1.94 bits per heavy atom. The maximum absolute atomic E-state index is 11.5. The van der Waals surface area contributed by atoms with E-state index in [1.165, 1.54) is 0 Å². The van der Waals surface area contributed by atoms with Crippen LogP contribution in [0.1, 0.15) is 32.6 Å². The number of carbonyl (C=O) groups excluding carboxylic acids is 1. The van der Waals surface area contributed by atoms with Gasteiger partial charge in [-0.15, -0.1) is 0 Å². The van der Waals surface area contributed by atoms with Gasteiger partial charge in [-0.25, -0.2) is 0 Å². The van der Waals surface area contributed by atoms with Crippen molar-refractivity contribution in [3.8, 4) is 0 Å². The first-order chi connectivity index (χ1) is 7.79. The van der Waals surface area contributed by atoms with E-state index in [2.05, 4.69) is 5.32 Å². The van der Waals surface area contributed by atoms with Crippen molar-refractivity contribution in [1.82, 2.24) is 5.32 Å². The molecule has 2 aliphatic rings. The monoisotopic (exact) mass is 227 g/mol. The Morgan fingerprint density at radius 1 is 1.25 bits per heavy atom. The van der Waals surface area contributed by atoms with Gasteiger partial charge in [0.25, 0.3) is 0 Å². The third kappa shape index (κ3) is 2.95. The summed E-state index contributed by atoms with van der Waals surface area (Å²) in [7, 11) is 0. The fraction of sp³-hybridized carbons (Fsp3) is 0.917. The van der Waals surface area contributed by atoms with Crippen LogP contribution in [0.3, 0.4) is 0 Å². The van der Waals surface area contributed by atoms with Gasteiger partial charge < -0.3 is 14.8 Å². The SMILES string of the molecule is CCOC(=O)C1CCC(NC2COC2)CC1. The van der Waals surface area contributed by atoms with Crippen LogP contribution in [-0.4, -0.2) is 37.9 Å². The first kappa shape index (κ1) is 11.9. The van der Waals surface area contributed by atoms with E-state index in [1.807, 2.05) is 6.92 Å². The molecule has 0 aromatic rings. The van der Waals surface area contributed by atoms with Crippen molar-refractivity contribution in [3.05, 3.63) is 0 Å². The minimum atomic E-state index is -0.00655. The lowest BCUT2D eigenvalue weighted by molar-refractivity contribution is -0.149. The number of nitrogens with one attached hydrogen (secondary N) is 1. The van der Waals surface area contributed by atoms with Crippen LogP contribution in [0.2, 0.25) is 0 Å². The summed E-state index contributed by atoms with van der Waals surface area (Å²) >= 11 is 0. The van der Waals surface area contributed by atoms with Crippen molar-refractivity contribution >= 4 is 5.97 Å². The van der Waals surface area contributed by atoms with Crippen LogP contribution < -0.4 is 5.32 Å². The molecule has 0 unspecified atom stereocenters. The first-order valence-corrected chi connectivity index (χ1v) is 6.30. The normalized spacial score (nSPS) is 30.8. The van der Waals surface area contributed by atoms with Crippen LogP contribution in [0.25, 0.3) is 0 Å². The summed E-state index contributed by atoms with van der Waals surface area (Å²) in [5.41, 5.74) is 0. The van der Waals surface area contributed by atoms with E-state index in [-0.39, 0.29) is 11.9 Å². The number of hydrogen-bond donors (Lipinski definition) is 1. The van der Waals surface area contributed by atoms with Crippen molar-refractivity contribution in [2.45, 2.75) is 44.7 Å². The average Bonchev–Trinajstić information content (AvgIpc) is 2.25. The van der Waals surface area contributed by atoms with Gasteiger partial charge in [-0.3, -0.25) is 4.79 Å². The highest BCUT2D eigenvalue weighted by Crippen LogP contribution is 2.26. The highest BCUT2D eigenvalue weighted by atomic mass is 16.5. The van der Waals surface area contributed by atoms with Crippen molar-refractivity contribution < 1.29 is 14.3 Å². The minimum absolute atomic E-state index is 0.00655. The Bertz CT molecular complexity index is 232. The highest BCUT2D eigenvalue weighted by molar-refractivity contribution is 5.72. The van der Waals surface area contributed by atoms with E-state index in [0.717, 1.165) is 38.9 Å². The molecule has 1 aliphatic heterocycles. The van der Waals surface area contributed by atoms with E-state index >= 15 is 0 Å². The zero-order valence-electron chi connectivity index (χ0n) is 9.91. The molecule has 0 bridgehead atoms. The molecule has 16 heavy (non-hydrogen) atoms. The predicted octanol–water partition coefficient (Wildman–Crippen LogP) is 1.10. The second-order valence-electron chi connectivity index (χ2n) is 4.70. The molecular formula is C12H21NO3. The summed E-state index contributed by atoms with van der Waals surface area (Å²) in [6, 6.07) is 1.11.